The van der Waals surface area contributed by atoms with E-state index in [9.17, 15) is 9.59 Å². The Morgan fingerprint density at radius 3 is 3.29 bits per heavy atom. The lowest BCUT2D eigenvalue weighted by atomic mass is 10.2. The maximum absolute atomic E-state index is 12.0. The van der Waals surface area contributed by atoms with Crippen LogP contribution in [0.1, 0.15) is 5.69 Å². The van der Waals surface area contributed by atoms with Crippen LogP contribution in [-0.2, 0) is 20.8 Å². The number of ether oxygens (including phenoxy) is 2. The van der Waals surface area contributed by atoms with Crippen LogP contribution in [0.3, 0.4) is 0 Å². The Morgan fingerprint density at radius 2 is 2.48 bits per heavy atom. The number of carbonyl (C=O) groups is 1. The van der Waals surface area contributed by atoms with Gasteiger partial charge in [0.2, 0.25) is 0 Å². The summed E-state index contributed by atoms with van der Waals surface area (Å²) in [6.45, 7) is 1.87. The number of hydrogen-bond acceptors (Lipinski definition) is 7. The van der Waals surface area contributed by atoms with Gasteiger partial charge in [0.05, 0.1) is 26.0 Å². The highest BCUT2D eigenvalue weighted by atomic mass is 32.1. The van der Waals surface area contributed by atoms with Crippen molar-refractivity contribution in [1.29, 1.82) is 0 Å². The van der Waals surface area contributed by atoms with Crippen molar-refractivity contribution in [3.05, 3.63) is 33.7 Å². The Morgan fingerprint density at radius 1 is 1.62 bits per heavy atom. The van der Waals surface area contributed by atoms with Crippen LogP contribution in [-0.4, -0.2) is 53.2 Å². The van der Waals surface area contributed by atoms with Gasteiger partial charge < -0.3 is 9.47 Å². The second-order valence-corrected chi connectivity index (χ2v) is 5.60. The average Bonchev–Trinajstić information content (AvgIpc) is 2.96. The van der Waals surface area contributed by atoms with Gasteiger partial charge in [-0.2, -0.15) is 0 Å². The molecule has 0 saturated carbocycles. The minimum absolute atomic E-state index is 0.112. The summed E-state index contributed by atoms with van der Waals surface area (Å²) in [4.78, 5) is 30.8. The number of esters is 1. The first-order chi connectivity index (χ1) is 10.2. The van der Waals surface area contributed by atoms with Crippen LogP contribution in [0.2, 0.25) is 0 Å². The zero-order valence-corrected chi connectivity index (χ0v) is 12.3. The third kappa shape index (κ3) is 2.82. The largest absolute Gasteiger partial charge is 0.468 e. The van der Waals surface area contributed by atoms with E-state index in [1.54, 1.807) is 6.20 Å². The normalized spacial score (nSPS) is 19.8. The molecular formula is C13H15N3O4S. The molecule has 112 valence electrons. The van der Waals surface area contributed by atoms with Crippen molar-refractivity contribution in [3.63, 3.8) is 0 Å². The van der Waals surface area contributed by atoms with E-state index in [1.807, 2.05) is 10.3 Å². The molecule has 0 radical (unpaired) electrons. The second-order valence-electron chi connectivity index (χ2n) is 4.73. The number of hydrogen-bond donors (Lipinski definition) is 0. The van der Waals surface area contributed by atoms with E-state index in [2.05, 4.69) is 4.98 Å². The molecule has 3 rings (SSSR count). The van der Waals surface area contributed by atoms with Crippen LogP contribution in [0.15, 0.2) is 22.4 Å². The highest BCUT2D eigenvalue weighted by Gasteiger charge is 2.30. The van der Waals surface area contributed by atoms with Crippen molar-refractivity contribution in [1.82, 2.24) is 14.3 Å². The van der Waals surface area contributed by atoms with E-state index < -0.39 is 6.04 Å². The van der Waals surface area contributed by atoms with Crippen LogP contribution in [0.5, 0.6) is 0 Å². The number of fused-ring (bicyclic) bond motifs is 1. The Balaban J connectivity index is 1.85. The van der Waals surface area contributed by atoms with Crippen molar-refractivity contribution >= 4 is 22.3 Å². The molecule has 0 aromatic carbocycles. The molecular weight excluding hydrogens is 294 g/mol. The lowest BCUT2D eigenvalue weighted by molar-refractivity contribution is -0.153. The molecule has 0 aliphatic carbocycles. The molecule has 0 N–H and O–H groups in total. The smallest absolute Gasteiger partial charge is 0.325 e. The summed E-state index contributed by atoms with van der Waals surface area (Å²) in [6, 6.07) is 1.05. The number of carbonyl (C=O) groups excluding carboxylic acids is 1. The average molecular weight is 309 g/mol. The highest BCUT2D eigenvalue weighted by molar-refractivity contribution is 7.15. The maximum atomic E-state index is 12.0. The zero-order valence-electron chi connectivity index (χ0n) is 11.5. The summed E-state index contributed by atoms with van der Waals surface area (Å²) in [5.41, 5.74) is 0.539. The molecule has 1 saturated heterocycles. The third-order valence-corrected chi connectivity index (χ3v) is 4.19. The Bertz CT molecular complexity index is 711. The molecule has 0 amide bonds. The van der Waals surface area contributed by atoms with Gasteiger partial charge in [0.1, 0.15) is 6.04 Å². The Kier molecular flexibility index (Phi) is 4.00. The fourth-order valence-electron chi connectivity index (χ4n) is 2.36. The standard InChI is InChI=1S/C13H15N3O4S/c1-19-12(18)10-8-20-4-2-15(10)7-9-6-11(17)16-3-5-21-13(16)14-9/h3,5-6,10H,2,4,7-8H2,1H3. The van der Waals surface area contributed by atoms with Gasteiger partial charge in [-0.15, -0.1) is 11.3 Å². The fourth-order valence-corrected chi connectivity index (χ4v) is 3.10. The number of morpholine rings is 1. The molecule has 1 atom stereocenters. The number of aromatic nitrogens is 2. The molecule has 1 fully saturated rings. The summed E-state index contributed by atoms with van der Waals surface area (Å²) in [5, 5.41) is 1.82. The molecule has 0 spiro atoms. The van der Waals surface area contributed by atoms with Crippen LogP contribution in [0, 0.1) is 0 Å². The first-order valence-electron chi connectivity index (χ1n) is 6.54. The van der Waals surface area contributed by atoms with E-state index >= 15 is 0 Å². The molecule has 3 heterocycles. The molecule has 2 aromatic rings. The summed E-state index contributed by atoms with van der Waals surface area (Å²) in [6.07, 6.45) is 1.70. The highest BCUT2D eigenvalue weighted by Crippen LogP contribution is 2.13. The third-order valence-electron chi connectivity index (χ3n) is 3.43. The van der Waals surface area contributed by atoms with Crippen molar-refractivity contribution in [3.8, 4) is 0 Å². The zero-order chi connectivity index (χ0) is 14.8. The number of thiazole rings is 1. The monoisotopic (exact) mass is 309 g/mol. The minimum atomic E-state index is -0.452. The summed E-state index contributed by atoms with van der Waals surface area (Å²) in [5.74, 6) is -0.330. The summed E-state index contributed by atoms with van der Waals surface area (Å²) >= 11 is 1.41. The lowest BCUT2D eigenvalue weighted by Gasteiger charge is -2.33. The van der Waals surface area contributed by atoms with Crippen molar-refractivity contribution in [2.45, 2.75) is 12.6 Å². The van der Waals surface area contributed by atoms with Crippen molar-refractivity contribution in [2.24, 2.45) is 0 Å². The van der Waals surface area contributed by atoms with Gasteiger partial charge in [0.15, 0.2) is 4.96 Å². The summed E-state index contributed by atoms with van der Waals surface area (Å²) < 4.78 is 11.6. The van der Waals surface area contributed by atoms with E-state index in [0.717, 1.165) is 0 Å². The molecule has 1 aliphatic rings. The van der Waals surface area contributed by atoms with Crippen LogP contribution >= 0.6 is 11.3 Å². The van der Waals surface area contributed by atoms with Gasteiger partial charge in [-0.3, -0.25) is 18.9 Å². The Labute approximate surface area is 124 Å². The predicted molar refractivity (Wildman–Crippen MR) is 76.4 cm³/mol. The van der Waals surface area contributed by atoms with E-state index in [4.69, 9.17) is 9.47 Å². The molecule has 8 heteroatoms. The molecule has 0 bridgehead atoms. The van der Waals surface area contributed by atoms with Gasteiger partial charge in [-0.1, -0.05) is 0 Å². The van der Waals surface area contributed by atoms with Crippen molar-refractivity contribution < 1.29 is 14.3 Å². The second kappa shape index (κ2) is 5.92. The van der Waals surface area contributed by atoms with Gasteiger partial charge in [0, 0.05) is 30.7 Å². The van der Waals surface area contributed by atoms with Crippen LogP contribution in [0.25, 0.3) is 4.96 Å². The minimum Gasteiger partial charge on any atom is -0.468 e. The first kappa shape index (κ1) is 14.2. The maximum Gasteiger partial charge on any atom is 0.325 e. The lowest BCUT2D eigenvalue weighted by Crippen LogP contribution is -2.50. The van der Waals surface area contributed by atoms with Crippen LogP contribution in [0.4, 0.5) is 0 Å². The molecule has 2 aromatic heterocycles. The fraction of sp³-hybridized carbons (Fsp3) is 0.462. The van der Waals surface area contributed by atoms with Crippen LogP contribution < -0.4 is 5.56 Å². The van der Waals surface area contributed by atoms with Gasteiger partial charge in [-0.05, 0) is 0 Å². The predicted octanol–water partition coefficient (Wildman–Crippen LogP) is 0.130. The van der Waals surface area contributed by atoms with Crippen molar-refractivity contribution in [2.75, 3.05) is 26.9 Å². The molecule has 1 aliphatic heterocycles. The van der Waals surface area contributed by atoms with Gasteiger partial charge in [-0.25, -0.2) is 4.98 Å². The SMILES string of the molecule is COC(=O)C1COCCN1Cc1cc(=O)n2ccsc2n1. The van der Waals surface area contributed by atoms with Gasteiger partial charge >= 0.3 is 5.97 Å². The molecule has 1 unspecified atom stereocenters. The van der Waals surface area contributed by atoms with E-state index in [0.29, 0.717) is 37.0 Å². The van der Waals surface area contributed by atoms with E-state index in [1.165, 1.54) is 28.9 Å². The van der Waals surface area contributed by atoms with E-state index in [-0.39, 0.29) is 11.5 Å². The summed E-state index contributed by atoms with van der Waals surface area (Å²) in [7, 11) is 1.36. The molecule has 7 nitrogen and oxygen atoms in total. The number of methoxy groups -OCH3 is 1. The van der Waals surface area contributed by atoms with Gasteiger partial charge in [0.25, 0.3) is 5.56 Å². The number of rotatable bonds is 3. The number of nitrogens with zero attached hydrogens (tertiary/aromatic N) is 3. The first-order valence-corrected chi connectivity index (χ1v) is 7.42. The quantitative estimate of drug-likeness (QED) is 0.751. The molecule has 21 heavy (non-hydrogen) atoms. The Hall–Kier alpha value is -1.77. The topological polar surface area (TPSA) is 73.1 Å².